The molecule has 0 spiro atoms. The highest BCUT2D eigenvalue weighted by Crippen LogP contribution is 2.20. The van der Waals surface area contributed by atoms with Crippen LogP contribution in [0.2, 0.25) is 0 Å². The van der Waals surface area contributed by atoms with E-state index in [1.807, 2.05) is 4.41 Å². The maximum absolute atomic E-state index is 11.3. The molecule has 0 saturated heterocycles. The second-order valence-electron chi connectivity index (χ2n) is 3.80. The first-order valence-electron chi connectivity index (χ1n) is 5.28. The van der Waals surface area contributed by atoms with Crippen LogP contribution in [0.1, 0.15) is 27.2 Å². The van der Waals surface area contributed by atoms with Crippen LogP contribution < -0.4 is 0 Å². The van der Waals surface area contributed by atoms with Crippen molar-refractivity contribution in [1.82, 2.24) is 4.41 Å². The van der Waals surface area contributed by atoms with Crippen LogP contribution in [0.4, 0.5) is 0 Å². The van der Waals surface area contributed by atoms with E-state index in [1.54, 1.807) is 18.9 Å². The van der Waals surface area contributed by atoms with Gasteiger partial charge in [-0.1, -0.05) is 13.8 Å². The van der Waals surface area contributed by atoms with Gasteiger partial charge in [-0.05, 0) is 31.2 Å². The summed E-state index contributed by atoms with van der Waals surface area (Å²) in [6, 6.07) is 0. The van der Waals surface area contributed by atoms with Gasteiger partial charge in [0.2, 0.25) is 0 Å². The smallest absolute Gasteiger partial charge is 0.355 e. The minimum Gasteiger partial charge on any atom is -0.461 e. The molecule has 0 aromatic rings. The van der Waals surface area contributed by atoms with E-state index in [9.17, 15) is 4.79 Å². The van der Waals surface area contributed by atoms with Crippen molar-refractivity contribution in [2.24, 2.45) is 11.0 Å². The van der Waals surface area contributed by atoms with Crippen LogP contribution in [-0.2, 0) is 9.53 Å². The van der Waals surface area contributed by atoms with Crippen LogP contribution in [0.3, 0.4) is 0 Å². The predicted molar refractivity (Wildman–Crippen MR) is 62.7 cm³/mol. The average molecular weight is 230 g/mol. The van der Waals surface area contributed by atoms with Gasteiger partial charge in [0.15, 0.2) is 5.71 Å². The Morgan fingerprint density at radius 1 is 1.67 bits per heavy atom. The van der Waals surface area contributed by atoms with Gasteiger partial charge in [-0.2, -0.15) is 5.10 Å². The predicted octanol–water partition coefficient (Wildman–Crippen LogP) is 1.92. The van der Waals surface area contributed by atoms with Gasteiger partial charge >= 0.3 is 5.97 Å². The summed E-state index contributed by atoms with van der Waals surface area (Å²) in [6.07, 6.45) is 1.09. The maximum atomic E-state index is 11.3. The molecule has 1 rings (SSSR count). The monoisotopic (exact) mass is 230 g/mol. The molecule has 0 amide bonds. The number of esters is 1. The lowest BCUT2D eigenvalue weighted by Gasteiger charge is -2.12. The summed E-state index contributed by atoms with van der Waals surface area (Å²) in [5.41, 5.74) is 0.533. The molecular weight excluding hydrogens is 212 g/mol. The molecule has 86 valence electrons. The van der Waals surface area contributed by atoms with E-state index in [-0.39, 0.29) is 5.97 Å². The van der Waals surface area contributed by atoms with Crippen LogP contribution in [0.15, 0.2) is 5.10 Å². The fourth-order valence-corrected chi connectivity index (χ4v) is 1.96. The molecule has 0 aromatic carbocycles. The molecule has 0 unspecified atom stereocenters. The third-order valence-electron chi connectivity index (χ3n) is 1.99. The summed E-state index contributed by atoms with van der Waals surface area (Å²) in [6.45, 7) is 7.46. The van der Waals surface area contributed by atoms with Crippen molar-refractivity contribution in [2.75, 3.05) is 18.9 Å². The van der Waals surface area contributed by atoms with Crippen molar-refractivity contribution in [3.8, 4) is 0 Å². The Hall–Kier alpha value is -0.710. The third kappa shape index (κ3) is 4.11. The average Bonchev–Trinajstić information content (AvgIpc) is 2.63. The number of hydrazone groups is 1. The van der Waals surface area contributed by atoms with E-state index in [0.717, 1.165) is 13.0 Å². The van der Waals surface area contributed by atoms with Crippen LogP contribution >= 0.6 is 11.9 Å². The molecule has 0 bridgehead atoms. The standard InChI is InChI=1S/C10H18N2O2S/c1-4-14-10(13)9-7-15-12(11-9)6-5-8(2)3/h8H,4-7H2,1-3H3. The Balaban J connectivity index is 2.37. The summed E-state index contributed by atoms with van der Waals surface area (Å²) in [5.74, 6) is 1.01. The highest BCUT2D eigenvalue weighted by atomic mass is 32.2. The fraction of sp³-hybridized carbons (Fsp3) is 0.800. The largest absolute Gasteiger partial charge is 0.461 e. The SMILES string of the molecule is CCOC(=O)C1=NN(CCC(C)C)SC1. The zero-order valence-corrected chi connectivity index (χ0v) is 10.3. The molecule has 0 atom stereocenters. The zero-order chi connectivity index (χ0) is 11.3. The normalized spacial score (nSPS) is 15.7. The van der Waals surface area contributed by atoms with Crippen LogP contribution in [0, 0.1) is 5.92 Å². The van der Waals surface area contributed by atoms with Gasteiger partial charge in [0, 0.05) is 6.54 Å². The zero-order valence-electron chi connectivity index (χ0n) is 9.52. The van der Waals surface area contributed by atoms with Crippen molar-refractivity contribution in [2.45, 2.75) is 27.2 Å². The molecule has 0 fully saturated rings. The highest BCUT2D eigenvalue weighted by molar-refractivity contribution is 7.98. The molecule has 1 heterocycles. The van der Waals surface area contributed by atoms with Crippen LogP contribution in [0.25, 0.3) is 0 Å². The van der Waals surface area contributed by atoms with Gasteiger partial charge in [-0.25, -0.2) is 9.21 Å². The lowest BCUT2D eigenvalue weighted by atomic mass is 10.1. The molecule has 0 N–H and O–H groups in total. The molecule has 4 nitrogen and oxygen atoms in total. The van der Waals surface area contributed by atoms with Crippen molar-refractivity contribution in [3.05, 3.63) is 0 Å². The summed E-state index contributed by atoms with van der Waals surface area (Å²) >= 11 is 1.58. The molecule has 1 aliphatic heterocycles. The Morgan fingerprint density at radius 2 is 2.40 bits per heavy atom. The number of carbonyl (C=O) groups excluding carboxylic acids is 1. The number of carbonyl (C=O) groups is 1. The Labute approximate surface area is 95.2 Å². The first kappa shape index (κ1) is 12.4. The number of hydrogen-bond donors (Lipinski definition) is 0. The van der Waals surface area contributed by atoms with Gasteiger partial charge in [-0.15, -0.1) is 0 Å². The van der Waals surface area contributed by atoms with Gasteiger partial charge in [0.25, 0.3) is 0 Å². The van der Waals surface area contributed by atoms with Crippen molar-refractivity contribution in [3.63, 3.8) is 0 Å². The summed E-state index contributed by atoms with van der Waals surface area (Å²) < 4.78 is 6.77. The Morgan fingerprint density at radius 3 is 3.00 bits per heavy atom. The quantitative estimate of drug-likeness (QED) is 0.534. The van der Waals surface area contributed by atoms with E-state index < -0.39 is 0 Å². The topological polar surface area (TPSA) is 41.9 Å². The van der Waals surface area contributed by atoms with Crippen molar-refractivity contribution >= 4 is 23.6 Å². The van der Waals surface area contributed by atoms with E-state index in [4.69, 9.17) is 4.74 Å². The highest BCUT2D eigenvalue weighted by Gasteiger charge is 2.22. The minimum atomic E-state index is -0.281. The first-order chi connectivity index (χ1) is 7.13. The van der Waals surface area contributed by atoms with E-state index in [2.05, 4.69) is 18.9 Å². The molecule has 5 heteroatoms. The molecule has 15 heavy (non-hydrogen) atoms. The lowest BCUT2D eigenvalue weighted by molar-refractivity contribution is -0.135. The van der Waals surface area contributed by atoms with Gasteiger partial charge < -0.3 is 4.74 Å². The summed E-state index contributed by atoms with van der Waals surface area (Å²) in [5, 5.41) is 4.22. The van der Waals surface area contributed by atoms with E-state index in [1.165, 1.54) is 0 Å². The molecule has 0 aromatic heterocycles. The number of hydrogen-bond acceptors (Lipinski definition) is 5. The van der Waals surface area contributed by atoms with Crippen LogP contribution in [-0.4, -0.2) is 35.0 Å². The molecule has 1 aliphatic rings. The number of ether oxygens (including phenoxy) is 1. The third-order valence-corrected chi connectivity index (χ3v) is 2.96. The van der Waals surface area contributed by atoms with Gasteiger partial charge in [0.1, 0.15) is 0 Å². The Kier molecular flexibility index (Phi) is 4.94. The molecule has 0 aliphatic carbocycles. The van der Waals surface area contributed by atoms with E-state index in [0.29, 0.717) is 24.0 Å². The van der Waals surface area contributed by atoms with Crippen LogP contribution in [0.5, 0.6) is 0 Å². The number of nitrogens with zero attached hydrogens (tertiary/aromatic N) is 2. The molecular formula is C10H18N2O2S. The van der Waals surface area contributed by atoms with Gasteiger partial charge in [-0.3, -0.25) is 0 Å². The maximum Gasteiger partial charge on any atom is 0.355 e. The first-order valence-corrected chi connectivity index (χ1v) is 6.22. The lowest BCUT2D eigenvalue weighted by Crippen LogP contribution is -2.17. The second-order valence-corrected chi connectivity index (χ2v) is 4.77. The van der Waals surface area contributed by atoms with Crippen molar-refractivity contribution in [1.29, 1.82) is 0 Å². The fourth-order valence-electron chi connectivity index (χ4n) is 1.13. The number of rotatable bonds is 5. The minimum absolute atomic E-state index is 0.281. The van der Waals surface area contributed by atoms with Gasteiger partial charge in [0.05, 0.1) is 12.4 Å². The summed E-state index contributed by atoms with van der Waals surface area (Å²) in [7, 11) is 0. The van der Waals surface area contributed by atoms with Crippen molar-refractivity contribution < 1.29 is 9.53 Å². The summed E-state index contributed by atoms with van der Waals surface area (Å²) in [4.78, 5) is 11.3. The Bertz CT molecular complexity index is 254. The molecule has 0 saturated carbocycles. The second kappa shape index (κ2) is 6.00. The molecule has 0 radical (unpaired) electrons. The van der Waals surface area contributed by atoms with E-state index >= 15 is 0 Å².